The summed E-state index contributed by atoms with van der Waals surface area (Å²) in [5.41, 5.74) is 0. The molecule has 0 rings (SSSR count). The van der Waals surface area contributed by atoms with Crippen molar-refractivity contribution in [3.8, 4) is 0 Å². The predicted octanol–water partition coefficient (Wildman–Crippen LogP) is 3.07. The van der Waals surface area contributed by atoms with Gasteiger partial charge in [0.1, 0.15) is 12.6 Å². The van der Waals surface area contributed by atoms with Crippen LogP contribution in [0.1, 0.15) is 6.42 Å². The lowest BCUT2D eigenvalue weighted by Crippen LogP contribution is -2.25. The smallest absolute Gasteiger partial charge is 0.125 e. The normalized spacial score (nSPS) is 13.3. The molecule has 0 unspecified atom stereocenters. The summed E-state index contributed by atoms with van der Waals surface area (Å²) in [5.74, 6) is 0.848. The Kier molecular flexibility index (Phi) is 9.58. The third-order valence-electron chi connectivity index (χ3n) is 2.27. The highest BCUT2D eigenvalue weighted by molar-refractivity contribution is 9.09. The maximum atomic E-state index is 5.62. The lowest BCUT2D eigenvalue weighted by molar-refractivity contribution is 0.0874. The topological polar surface area (TPSA) is 37.2 Å². The number of rotatable bonds is 8. The van der Waals surface area contributed by atoms with Crippen molar-refractivity contribution in [2.24, 2.45) is 9.98 Å². The van der Waals surface area contributed by atoms with Gasteiger partial charge in [-0.05, 0) is 6.04 Å². The quantitative estimate of drug-likeness (QED) is 0.171. The number of alkyl halides is 1. The average molecular weight is 336 g/mol. The van der Waals surface area contributed by atoms with Crippen LogP contribution in [-0.2, 0) is 4.74 Å². The van der Waals surface area contributed by atoms with Crippen LogP contribution in [0, 0.1) is 0 Å². The van der Waals surface area contributed by atoms with E-state index < -0.39 is 8.07 Å². The standard InChI is InChI=1S/C12H26BrN3OSi/c1-14-12(6-7-13)15-10-16(2)11-17-8-9-18(3,4)5/h10H,6-9,11H2,1-5H3. The minimum absolute atomic E-state index is 0.583. The number of ether oxygens (including phenoxy) is 1. The number of amidine groups is 1. The number of nitrogens with zero attached hydrogens (tertiary/aromatic N) is 3. The molecule has 0 amide bonds. The van der Waals surface area contributed by atoms with Gasteiger partial charge in [-0.2, -0.15) is 0 Å². The van der Waals surface area contributed by atoms with Gasteiger partial charge in [-0.15, -0.1) is 0 Å². The van der Waals surface area contributed by atoms with Crippen LogP contribution < -0.4 is 0 Å². The second-order valence-corrected chi connectivity index (χ2v) is 11.8. The van der Waals surface area contributed by atoms with E-state index in [-0.39, 0.29) is 0 Å². The van der Waals surface area contributed by atoms with Gasteiger partial charge in [-0.3, -0.25) is 4.99 Å². The molecule has 0 saturated heterocycles. The minimum Gasteiger partial charge on any atom is -0.361 e. The maximum Gasteiger partial charge on any atom is 0.125 e. The molecule has 4 nitrogen and oxygen atoms in total. The molecule has 0 aromatic heterocycles. The van der Waals surface area contributed by atoms with E-state index in [0.717, 1.165) is 24.2 Å². The van der Waals surface area contributed by atoms with Gasteiger partial charge >= 0.3 is 0 Å². The van der Waals surface area contributed by atoms with Gasteiger partial charge in [0.2, 0.25) is 0 Å². The second kappa shape index (κ2) is 9.69. The van der Waals surface area contributed by atoms with E-state index in [4.69, 9.17) is 4.74 Å². The van der Waals surface area contributed by atoms with Gasteiger partial charge < -0.3 is 9.64 Å². The number of halogens is 1. The van der Waals surface area contributed by atoms with E-state index >= 15 is 0 Å². The monoisotopic (exact) mass is 335 g/mol. The fourth-order valence-corrected chi connectivity index (χ4v) is 2.22. The summed E-state index contributed by atoms with van der Waals surface area (Å²) in [6, 6.07) is 1.20. The number of hydrogen-bond donors (Lipinski definition) is 0. The molecule has 6 heteroatoms. The van der Waals surface area contributed by atoms with Crippen LogP contribution >= 0.6 is 15.9 Å². The Balaban J connectivity index is 3.83. The van der Waals surface area contributed by atoms with E-state index in [1.165, 1.54) is 6.04 Å². The summed E-state index contributed by atoms with van der Waals surface area (Å²) < 4.78 is 5.62. The van der Waals surface area contributed by atoms with Crippen molar-refractivity contribution < 1.29 is 4.74 Å². The molecule has 0 spiro atoms. The summed E-state index contributed by atoms with van der Waals surface area (Å²) in [6.07, 6.45) is 2.62. The molecule has 0 aliphatic rings. The van der Waals surface area contributed by atoms with Crippen molar-refractivity contribution in [1.82, 2.24) is 4.90 Å². The first kappa shape index (κ1) is 17.8. The van der Waals surface area contributed by atoms with Crippen molar-refractivity contribution in [3.63, 3.8) is 0 Å². The van der Waals surface area contributed by atoms with E-state index in [9.17, 15) is 0 Å². The summed E-state index contributed by atoms with van der Waals surface area (Å²) in [7, 11) is 2.74. The summed E-state index contributed by atoms with van der Waals surface area (Å²) in [5, 5.41) is 0.882. The van der Waals surface area contributed by atoms with Crippen molar-refractivity contribution in [1.29, 1.82) is 0 Å². The molecule has 0 aromatic rings. The molecular formula is C12H26BrN3OSi. The molecule has 106 valence electrons. The zero-order valence-electron chi connectivity index (χ0n) is 12.2. The zero-order chi connectivity index (χ0) is 14.0. The van der Waals surface area contributed by atoms with Gasteiger partial charge in [0.15, 0.2) is 0 Å². The molecule has 0 aromatic carbocycles. The summed E-state index contributed by atoms with van der Waals surface area (Å²) in [4.78, 5) is 10.3. The van der Waals surface area contributed by atoms with E-state index in [1.54, 1.807) is 13.4 Å². The molecule has 0 radical (unpaired) electrons. The molecule has 0 heterocycles. The largest absolute Gasteiger partial charge is 0.361 e. The van der Waals surface area contributed by atoms with Crippen LogP contribution in [0.5, 0.6) is 0 Å². The van der Waals surface area contributed by atoms with Crippen LogP contribution in [0.15, 0.2) is 9.98 Å². The van der Waals surface area contributed by atoms with Gasteiger partial charge in [-0.1, -0.05) is 35.6 Å². The first-order chi connectivity index (χ1) is 8.39. The molecule has 0 atom stereocenters. The van der Waals surface area contributed by atoms with E-state index in [1.807, 2.05) is 11.9 Å². The Morgan fingerprint density at radius 1 is 1.39 bits per heavy atom. The van der Waals surface area contributed by atoms with Gasteiger partial charge in [-0.25, -0.2) is 4.99 Å². The molecule has 0 aliphatic heterocycles. The lowest BCUT2D eigenvalue weighted by atomic mass is 10.4. The molecule has 0 bridgehead atoms. The third-order valence-corrected chi connectivity index (χ3v) is 4.37. The Morgan fingerprint density at radius 3 is 2.56 bits per heavy atom. The van der Waals surface area contributed by atoms with E-state index in [0.29, 0.717) is 6.73 Å². The Hall–Kier alpha value is -0.203. The van der Waals surface area contributed by atoms with Crippen molar-refractivity contribution in [2.75, 3.05) is 32.8 Å². The van der Waals surface area contributed by atoms with Gasteiger partial charge in [0.05, 0.1) is 6.34 Å². The van der Waals surface area contributed by atoms with Gasteiger partial charge in [0.25, 0.3) is 0 Å². The highest BCUT2D eigenvalue weighted by Gasteiger charge is 2.11. The van der Waals surface area contributed by atoms with Gasteiger partial charge in [0, 0.05) is 40.5 Å². The van der Waals surface area contributed by atoms with Crippen molar-refractivity contribution in [2.45, 2.75) is 32.1 Å². The average Bonchev–Trinajstić information content (AvgIpc) is 2.29. The molecule has 0 saturated carbocycles. The van der Waals surface area contributed by atoms with E-state index in [2.05, 4.69) is 45.6 Å². The predicted molar refractivity (Wildman–Crippen MR) is 87.0 cm³/mol. The zero-order valence-corrected chi connectivity index (χ0v) is 14.8. The molecular weight excluding hydrogens is 310 g/mol. The van der Waals surface area contributed by atoms with Crippen LogP contribution in [0.3, 0.4) is 0 Å². The molecule has 0 N–H and O–H groups in total. The van der Waals surface area contributed by atoms with Crippen LogP contribution in [-0.4, -0.2) is 57.9 Å². The maximum absolute atomic E-state index is 5.62. The fraction of sp³-hybridized carbons (Fsp3) is 0.833. The Morgan fingerprint density at radius 2 is 2.06 bits per heavy atom. The van der Waals surface area contributed by atoms with Crippen molar-refractivity contribution >= 4 is 36.2 Å². The third kappa shape index (κ3) is 10.9. The van der Waals surface area contributed by atoms with Crippen LogP contribution in [0.4, 0.5) is 0 Å². The van der Waals surface area contributed by atoms with Crippen LogP contribution in [0.2, 0.25) is 25.7 Å². The first-order valence-corrected chi connectivity index (χ1v) is 11.1. The SMILES string of the molecule is CN=C(CCBr)N=CN(C)COCC[Si](C)(C)C. The highest BCUT2D eigenvalue weighted by atomic mass is 79.9. The number of hydrogen-bond acceptors (Lipinski definition) is 2. The molecule has 18 heavy (non-hydrogen) atoms. The Labute approximate surface area is 121 Å². The highest BCUT2D eigenvalue weighted by Crippen LogP contribution is 2.07. The minimum atomic E-state index is -0.984. The first-order valence-electron chi connectivity index (χ1n) is 6.23. The lowest BCUT2D eigenvalue weighted by Gasteiger charge is -2.18. The fourth-order valence-electron chi connectivity index (χ4n) is 1.10. The molecule has 0 fully saturated rings. The second-order valence-electron chi connectivity index (χ2n) is 5.43. The van der Waals surface area contributed by atoms with Crippen molar-refractivity contribution in [3.05, 3.63) is 0 Å². The Bertz CT molecular complexity index is 277. The molecule has 0 aliphatic carbocycles. The summed E-state index contributed by atoms with van der Waals surface area (Å²) in [6.45, 7) is 8.48. The summed E-state index contributed by atoms with van der Waals surface area (Å²) >= 11 is 3.38. The van der Waals surface area contributed by atoms with Crippen LogP contribution in [0.25, 0.3) is 0 Å². The number of aliphatic imine (C=N–C) groups is 2.